The first-order valence-corrected chi connectivity index (χ1v) is 17.6. The van der Waals surface area contributed by atoms with E-state index in [1.165, 1.54) is 47.0 Å². The number of ether oxygens (including phenoxy) is 1. The third-order valence-electron chi connectivity index (χ3n) is 7.34. The van der Waals surface area contributed by atoms with Crippen LogP contribution in [0.5, 0.6) is 5.75 Å². The molecule has 0 spiro atoms. The van der Waals surface area contributed by atoms with Crippen LogP contribution in [0.1, 0.15) is 56.7 Å². The molecule has 0 bridgehead atoms. The van der Waals surface area contributed by atoms with Gasteiger partial charge in [-0.25, -0.2) is 9.67 Å². The van der Waals surface area contributed by atoms with Gasteiger partial charge in [-0.3, -0.25) is 14.7 Å². The lowest BCUT2D eigenvalue weighted by atomic mass is 9.99. The third-order valence-corrected chi connectivity index (χ3v) is 9.33. The number of hydrogen-bond donors (Lipinski definition) is 0. The molecule has 13 heteroatoms. The first kappa shape index (κ1) is 35.2. The van der Waals surface area contributed by atoms with Gasteiger partial charge in [0.15, 0.2) is 16.2 Å². The van der Waals surface area contributed by atoms with Gasteiger partial charge in [-0.05, 0) is 79.6 Å². The summed E-state index contributed by atoms with van der Waals surface area (Å²) in [4.78, 5) is 29.2. The van der Waals surface area contributed by atoms with Crippen LogP contribution in [0.2, 0.25) is 0 Å². The maximum Gasteiger partial charge on any atom is 0.573 e. The number of alkyl halides is 3. The number of anilines is 1. The number of rotatable bonds is 10. The van der Waals surface area contributed by atoms with E-state index in [-0.39, 0.29) is 23.6 Å². The molecule has 1 aliphatic rings. The van der Waals surface area contributed by atoms with Gasteiger partial charge in [-0.2, -0.15) is 4.99 Å². The molecule has 1 aliphatic heterocycles. The molecule has 0 saturated carbocycles. The normalized spacial score (nSPS) is 15.5. The van der Waals surface area contributed by atoms with Crippen molar-refractivity contribution in [3.8, 4) is 22.8 Å². The maximum atomic E-state index is 13.1. The number of amidine groups is 2. The van der Waals surface area contributed by atoms with Crippen LogP contribution in [0, 0.1) is 6.92 Å². The van der Waals surface area contributed by atoms with E-state index in [0.29, 0.717) is 34.0 Å². The van der Waals surface area contributed by atoms with Gasteiger partial charge in [0.25, 0.3) is 0 Å². The highest BCUT2D eigenvalue weighted by Crippen LogP contribution is 2.35. The number of benzene rings is 3. The molecule has 48 heavy (non-hydrogen) atoms. The number of aryl methyl sites for hydroxylation is 1. The highest BCUT2D eigenvalue weighted by atomic mass is 32.2. The minimum atomic E-state index is -4.75. The summed E-state index contributed by atoms with van der Waals surface area (Å²) in [6, 6.07) is 19.5. The van der Waals surface area contributed by atoms with E-state index in [1.54, 1.807) is 16.7 Å². The molecule has 0 unspecified atom stereocenters. The lowest BCUT2D eigenvalue weighted by Gasteiger charge is -2.22. The fraction of sp³-hybridized carbons (Fsp3) is 0.343. The minimum Gasteiger partial charge on any atom is -0.406 e. The SMILES string of the molecule is CCCSC(=N\[C@H](C)Cc1ccc(-c2ncn(-c3ccc(OC(F)(F)F)cc3)n2)cc1)/N=C1\SCC(=O)N1c1cc(C)ccc1C(C)C. The molecular formula is C35H37F3N6O2S2. The Kier molecular flexibility index (Phi) is 11.3. The smallest absolute Gasteiger partial charge is 0.406 e. The van der Waals surface area contributed by atoms with Gasteiger partial charge in [0.2, 0.25) is 5.91 Å². The first-order valence-electron chi connectivity index (χ1n) is 15.6. The average molecular weight is 695 g/mol. The van der Waals surface area contributed by atoms with E-state index in [0.717, 1.165) is 40.1 Å². The lowest BCUT2D eigenvalue weighted by Crippen LogP contribution is -2.31. The Morgan fingerprint density at radius 2 is 1.79 bits per heavy atom. The Labute approximate surface area is 286 Å². The van der Waals surface area contributed by atoms with E-state index in [9.17, 15) is 18.0 Å². The number of aliphatic imine (C=N–C) groups is 2. The van der Waals surface area contributed by atoms with E-state index in [1.807, 2.05) is 31.2 Å². The molecule has 3 aromatic carbocycles. The maximum absolute atomic E-state index is 13.1. The van der Waals surface area contributed by atoms with Crippen molar-refractivity contribution in [1.29, 1.82) is 0 Å². The Hall–Kier alpha value is -4.10. The summed E-state index contributed by atoms with van der Waals surface area (Å²) in [5, 5.41) is 5.81. The predicted molar refractivity (Wildman–Crippen MR) is 189 cm³/mol. The van der Waals surface area contributed by atoms with Gasteiger partial charge in [0, 0.05) is 11.3 Å². The predicted octanol–water partition coefficient (Wildman–Crippen LogP) is 8.83. The van der Waals surface area contributed by atoms with Gasteiger partial charge in [0.05, 0.1) is 23.2 Å². The number of hydrogen-bond acceptors (Lipinski definition) is 7. The second kappa shape index (κ2) is 15.4. The summed E-state index contributed by atoms with van der Waals surface area (Å²) in [6.45, 7) is 10.5. The first-order chi connectivity index (χ1) is 22.9. The number of carbonyl (C=O) groups excluding carboxylic acids is 1. The number of nitrogens with zero attached hydrogens (tertiary/aromatic N) is 6. The zero-order valence-corrected chi connectivity index (χ0v) is 29.0. The highest BCUT2D eigenvalue weighted by Gasteiger charge is 2.33. The molecule has 8 nitrogen and oxygen atoms in total. The zero-order chi connectivity index (χ0) is 34.4. The highest BCUT2D eigenvalue weighted by molar-refractivity contribution is 8.16. The summed E-state index contributed by atoms with van der Waals surface area (Å²) >= 11 is 3.04. The second-order valence-corrected chi connectivity index (χ2v) is 13.7. The molecule has 1 atom stereocenters. The summed E-state index contributed by atoms with van der Waals surface area (Å²) in [6.07, 6.45) is -1.59. The van der Waals surface area contributed by atoms with Gasteiger partial charge in [-0.1, -0.05) is 80.7 Å². The van der Waals surface area contributed by atoms with Crippen molar-refractivity contribution in [2.45, 2.75) is 65.8 Å². The monoisotopic (exact) mass is 694 g/mol. The fourth-order valence-electron chi connectivity index (χ4n) is 5.08. The van der Waals surface area contributed by atoms with Crippen LogP contribution < -0.4 is 9.64 Å². The van der Waals surface area contributed by atoms with E-state index in [4.69, 9.17) is 9.98 Å². The molecular weight excluding hydrogens is 658 g/mol. The summed E-state index contributed by atoms with van der Waals surface area (Å²) in [5.41, 5.74) is 5.52. The van der Waals surface area contributed by atoms with E-state index in [2.05, 4.69) is 60.7 Å². The van der Waals surface area contributed by atoms with Gasteiger partial charge < -0.3 is 4.74 Å². The van der Waals surface area contributed by atoms with Crippen LogP contribution in [-0.4, -0.2) is 54.9 Å². The number of carbonyl (C=O) groups is 1. The van der Waals surface area contributed by atoms with E-state index >= 15 is 0 Å². The fourth-order valence-corrected chi connectivity index (χ4v) is 6.79. The Morgan fingerprint density at radius 3 is 2.46 bits per heavy atom. The van der Waals surface area contributed by atoms with E-state index < -0.39 is 6.36 Å². The molecule has 252 valence electrons. The molecule has 4 aromatic rings. The van der Waals surface area contributed by atoms with Crippen molar-refractivity contribution in [3.63, 3.8) is 0 Å². The van der Waals surface area contributed by atoms with Crippen LogP contribution >= 0.6 is 23.5 Å². The van der Waals surface area contributed by atoms with Crippen molar-refractivity contribution in [2.75, 3.05) is 16.4 Å². The molecule has 1 fully saturated rings. The number of halogens is 3. The molecule has 1 aromatic heterocycles. The van der Waals surface area contributed by atoms with Crippen molar-refractivity contribution < 1.29 is 22.7 Å². The summed E-state index contributed by atoms with van der Waals surface area (Å²) in [7, 11) is 0. The number of aromatic nitrogens is 3. The van der Waals surface area contributed by atoms with Gasteiger partial charge >= 0.3 is 6.36 Å². The van der Waals surface area contributed by atoms with Crippen LogP contribution in [-0.2, 0) is 11.2 Å². The average Bonchev–Trinajstić information content (AvgIpc) is 3.66. The Balaban J connectivity index is 1.30. The van der Waals surface area contributed by atoms with Crippen molar-refractivity contribution in [3.05, 3.63) is 89.7 Å². The standard InChI is InChI=1S/C35H37F3N6O2S2/c1-6-17-47-33(41-34-44(31(45)20-48-34)30-18-23(4)7-16-29(30)22(2)3)40-24(5)19-25-8-10-26(11-9-25)32-39-21-43(42-32)27-12-14-28(15-13-27)46-35(36,37)38/h7-16,18,21-22,24H,6,17,19-20H2,1-5H3/b40-33-,41-34-/t24-/m1/s1. The lowest BCUT2D eigenvalue weighted by molar-refractivity contribution is -0.274. The molecule has 0 N–H and O–H groups in total. The summed E-state index contributed by atoms with van der Waals surface area (Å²) in [5.74, 6) is 1.66. The summed E-state index contributed by atoms with van der Waals surface area (Å²) < 4.78 is 42.9. The van der Waals surface area contributed by atoms with Crippen LogP contribution in [0.3, 0.4) is 0 Å². The van der Waals surface area contributed by atoms with Crippen molar-refractivity contribution in [1.82, 2.24) is 14.8 Å². The molecule has 2 heterocycles. The van der Waals surface area contributed by atoms with Crippen molar-refractivity contribution >= 4 is 45.5 Å². The van der Waals surface area contributed by atoms with Gasteiger partial charge in [-0.15, -0.1) is 18.3 Å². The molecule has 1 saturated heterocycles. The number of amides is 1. The Morgan fingerprint density at radius 1 is 1.06 bits per heavy atom. The van der Waals surface area contributed by atoms with Crippen LogP contribution in [0.25, 0.3) is 17.1 Å². The number of thioether (sulfide) groups is 2. The van der Waals surface area contributed by atoms with Crippen LogP contribution in [0.15, 0.2) is 83.0 Å². The van der Waals surface area contributed by atoms with Gasteiger partial charge in [0.1, 0.15) is 12.1 Å². The largest absolute Gasteiger partial charge is 0.573 e. The minimum absolute atomic E-state index is 0.0204. The third kappa shape index (κ3) is 9.07. The quantitative estimate of drug-likeness (QED) is 0.122. The topological polar surface area (TPSA) is 85.0 Å². The van der Waals surface area contributed by atoms with Crippen LogP contribution in [0.4, 0.5) is 18.9 Å². The van der Waals surface area contributed by atoms with Crippen molar-refractivity contribution in [2.24, 2.45) is 9.98 Å². The molecule has 0 aliphatic carbocycles. The molecule has 5 rings (SSSR count). The second-order valence-electron chi connectivity index (χ2n) is 11.7. The zero-order valence-electron chi connectivity index (χ0n) is 27.4. The molecule has 1 amide bonds. The molecule has 0 radical (unpaired) electrons. The Bertz CT molecular complexity index is 1790.